The van der Waals surface area contributed by atoms with Crippen LogP contribution in [0.1, 0.15) is 19.3 Å². The molecule has 0 radical (unpaired) electrons. The molecule has 0 fully saturated rings. The molecule has 1 rings (SSSR count). The number of nitrogens with one attached hydrogen (secondary N) is 1. The lowest BCUT2D eigenvalue weighted by atomic mass is 10.2. The lowest BCUT2D eigenvalue weighted by molar-refractivity contribution is -0.116. The minimum atomic E-state index is -0.0340. The molecule has 1 N–H and O–H groups in total. The highest BCUT2D eigenvalue weighted by Gasteiger charge is 2.02. The zero-order valence-corrected chi connectivity index (χ0v) is 7.88. The van der Waals surface area contributed by atoms with Gasteiger partial charge in [-0.25, -0.2) is 0 Å². The second kappa shape index (κ2) is 5.59. The third kappa shape index (κ3) is 3.94. The number of rotatable bonds is 5. The quantitative estimate of drug-likeness (QED) is 0.587. The van der Waals surface area contributed by atoms with Gasteiger partial charge in [-0.15, -0.1) is 11.6 Å². The average molecular weight is 203 g/mol. The number of aromatic nitrogens is 1. The van der Waals surface area contributed by atoms with Crippen molar-refractivity contribution in [1.82, 2.24) is 5.16 Å². The van der Waals surface area contributed by atoms with Crippen molar-refractivity contribution in [2.45, 2.75) is 19.3 Å². The molecule has 13 heavy (non-hydrogen) atoms. The third-order valence-electron chi connectivity index (χ3n) is 1.50. The summed E-state index contributed by atoms with van der Waals surface area (Å²) < 4.78 is 4.56. The van der Waals surface area contributed by atoms with E-state index in [0.29, 0.717) is 18.0 Å². The largest absolute Gasteiger partial charge is 0.363 e. The van der Waals surface area contributed by atoms with E-state index in [1.54, 1.807) is 0 Å². The number of nitrogens with zero attached hydrogens (tertiary/aromatic N) is 1. The van der Waals surface area contributed by atoms with Gasteiger partial charge in [0.05, 0.1) is 6.20 Å². The molecule has 1 aromatic rings. The number of carbonyl (C=O) groups excluding carboxylic acids is 1. The Morgan fingerprint density at radius 3 is 3.08 bits per heavy atom. The summed E-state index contributed by atoms with van der Waals surface area (Å²) in [5.74, 6) is 0.564. The van der Waals surface area contributed by atoms with E-state index in [0.717, 1.165) is 12.8 Å². The van der Waals surface area contributed by atoms with Crippen molar-refractivity contribution in [3.8, 4) is 0 Å². The lowest BCUT2D eigenvalue weighted by Gasteiger charge is -1.99. The van der Waals surface area contributed by atoms with Gasteiger partial charge in [0, 0.05) is 12.3 Å². The summed E-state index contributed by atoms with van der Waals surface area (Å²) >= 11 is 5.47. The van der Waals surface area contributed by atoms with E-state index in [2.05, 4.69) is 15.0 Å². The van der Waals surface area contributed by atoms with Gasteiger partial charge in [-0.1, -0.05) is 5.16 Å². The standard InChI is InChI=1S/C8H11ClN2O2/c9-4-2-1-3-8(12)11-7-5-10-13-6-7/h5-6H,1-4H2,(H,11,12). The molecule has 1 amide bonds. The molecule has 1 aromatic heterocycles. The first-order valence-corrected chi connectivity index (χ1v) is 4.61. The molecule has 0 spiro atoms. The molecular formula is C8H11ClN2O2. The Hall–Kier alpha value is -1.03. The Morgan fingerprint density at radius 1 is 1.62 bits per heavy atom. The van der Waals surface area contributed by atoms with Gasteiger partial charge in [-0.05, 0) is 12.8 Å². The Balaban J connectivity index is 2.18. The zero-order chi connectivity index (χ0) is 9.52. The Morgan fingerprint density at radius 2 is 2.46 bits per heavy atom. The van der Waals surface area contributed by atoms with Crippen LogP contribution in [0.5, 0.6) is 0 Å². The van der Waals surface area contributed by atoms with Crippen molar-refractivity contribution in [2.75, 3.05) is 11.2 Å². The fourth-order valence-electron chi connectivity index (χ4n) is 0.870. The SMILES string of the molecule is O=C(CCCCCl)Nc1cnoc1. The van der Waals surface area contributed by atoms with Crippen LogP contribution < -0.4 is 5.32 Å². The highest BCUT2D eigenvalue weighted by Crippen LogP contribution is 2.05. The molecule has 0 unspecified atom stereocenters. The van der Waals surface area contributed by atoms with Crippen LogP contribution in [0.15, 0.2) is 17.0 Å². The van der Waals surface area contributed by atoms with Crippen LogP contribution >= 0.6 is 11.6 Å². The number of carbonyl (C=O) groups is 1. The predicted molar refractivity (Wildman–Crippen MR) is 49.7 cm³/mol. The van der Waals surface area contributed by atoms with Crippen molar-refractivity contribution < 1.29 is 9.32 Å². The maximum Gasteiger partial charge on any atom is 0.224 e. The molecule has 0 aliphatic heterocycles. The summed E-state index contributed by atoms with van der Waals surface area (Å²) in [6.45, 7) is 0. The van der Waals surface area contributed by atoms with Crippen molar-refractivity contribution in [2.24, 2.45) is 0 Å². The van der Waals surface area contributed by atoms with E-state index in [-0.39, 0.29) is 5.91 Å². The van der Waals surface area contributed by atoms with Crippen molar-refractivity contribution in [1.29, 1.82) is 0 Å². The molecule has 72 valence electrons. The monoisotopic (exact) mass is 202 g/mol. The molecule has 0 saturated heterocycles. The molecule has 0 aromatic carbocycles. The summed E-state index contributed by atoms with van der Waals surface area (Å²) in [6, 6.07) is 0. The fourth-order valence-corrected chi connectivity index (χ4v) is 1.06. The normalized spacial score (nSPS) is 9.92. The zero-order valence-electron chi connectivity index (χ0n) is 7.12. The lowest BCUT2D eigenvalue weighted by Crippen LogP contribution is -2.10. The van der Waals surface area contributed by atoms with Crippen LogP contribution in [0.3, 0.4) is 0 Å². The summed E-state index contributed by atoms with van der Waals surface area (Å²) in [6.07, 6.45) is 5.00. The van der Waals surface area contributed by atoms with E-state index in [1.807, 2.05) is 0 Å². The van der Waals surface area contributed by atoms with Gasteiger partial charge in [-0.2, -0.15) is 0 Å². The molecule has 0 saturated carbocycles. The maximum atomic E-state index is 11.2. The second-order valence-corrected chi connectivity index (χ2v) is 2.99. The summed E-state index contributed by atoms with van der Waals surface area (Å²) in [5, 5.41) is 6.10. The number of anilines is 1. The molecule has 0 aliphatic carbocycles. The van der Waals surface area contributed by atoms with Gasteiger partial charge in [0.1, 0.15) is 12.0 Å². The number of alkyl halides is 1. The first kappa shape index (κ1) is 10.1. The molecule has 0 atom stereocenters. The van der Waals surface area contributed by atoms with Crippen LogP contribution in [0, 0.1) is 0 Å². The highest BCUT2D eigenvalue weighted by atomic mass is 35.5. The summed E-state index contributed by atoms with van der Waals surface area (Å²) in [4.78, 5) is 11.2. The van der Waals surface area contributed by atoms with Crippen LogP contribution in [-0.4, -0.2) is 16.9 Å². The van der Waals surface area contributed by atoms with Gasteiger partial charge >= 0.3 is 0 Å². The van der Waals surface area contributed by atoms with Crippen LogP contribution in [0.25, 0.3) is 0 Å². The van der Waals surface area contributed by atoms with Gasteiger partial charge in [0.2, 0.25) is 5.91 Å². The Bertz CT molecular complexity index is 249. The smallest absolute Gasteiger partial charge is 0.224 e. The number of hydrogen-bond donors (Lipinski definition) is 1. The van der Waals surface area contributed by atoms with E-state index in [4.69, 9.17) is 11.6 Å². The number of unbranched alkanes of at least 4 members (excludes halogenated alkanes) is 1. The third-order valence-corrected chi connectivity index (χ3v) is 1.77. The number of amides is 1. The fraction of sp³-hybridized carbons (Fsp3) is 0.500. The van der Waals surface area contributed by atoms with Crippen LogP contribution in [-0.2, 0) is 4.79 Å². The van der Waals surface area contributed by atoms with E-state index >= 15 is 0 Å². The van der Waals surface area contributed by atoms with Crippen molar-refractivity contribution in [3.63, 3.8) is 0 Å². The molecular weight excluding hydrogens is 192 g/mol. The Labute approximate surface area is 81.2 Å². The molecule has 5 heteroatoms. The first-order chi connectivity index (χ1) is 6.33. The number of hydrogen-bond acceptors (Lipinski definition) is 3. The van der Waals surface area contributed by atoms with Gasteiger partial charge in [0.15, 0.2) is 0 Å². The highest BCUT2D eigenvalue weighted by molar-refractivity contribution is 6.17. The number of halogens is 1. The molecule has 4 nitrogen and oxygen atoms in total. The summed E-state index contributed by atoms with van der Waals surface area (Å²) in [7, 11) is 0. The minimum Gasteiger partial charge on any atom is -0.363 e. The topological polar surface area (TPSA) is 55.1 Å². The van der Waals surface area contributed by atoms with E-state index in [9.17, 15) is 4.79 Å². The van der Waals surface area contributed by atoms with Gasteiger partial charge < -0.3 is 9.84 Å². The predicted octanol–water partition coefficient (Wildman–Crippen LogP) is 2.02. The van der Waals surface area contributed by atoms with Gasteiger partial charge in [0.25, 0.3) is 0 Å². The molecule has 0 bridgehead atoms. The maximum absolute atomic E-state index is 11.2. The van der Waals surface area contributed by atoms with E-state index in [1.165, 1.54) is 12.5 Å². The van der Waals surface area contributed by atoms with Crippen LogP contribution in [0.2, 0.25) is 0 Å². The van der Waals surface area contributed by atoms with Crippen molar-refractivity contribution in [3.05, 3.63) is 12.5 Å². The van der Waals surface area contributed by atoms with Crippen LogP contribution in [0.4, 0.5) is 5.69 Å². The molecule has 0 aliphatic rings. The average Bonchev–Trinajstić information content (AvgIpc) is 2.57. The second-order valence-electron chi connectivity index (χ2n) is 2.61. The molecule has 1 heterocycles. The van der Waals surface area contributed by atoms with E-state index < -0.39 is 0 Å². The Kier molecular flexibility index (Phi) is 4.32. The minimum absolute atomic E-state index is 0.0340. The van der Waals surface area contributed by atoms with Gasteiger partial charge in [-0.3, -0.25) is 4.79 Å². The summed E-state index contributed by atoms with van der Waals surface area (Å²) in [5.41, 5.74) is 0.593. The first-order valence-electron chi connectivity index (χ1n) is 4.08. The van der Waals surface area contributed by atoms with Crippen molar-refractivity contribution >= 4 is 23.2 Å².